The van der Waals surface area contributed by atoms with E-state index in [1.54, 1.807) is 11.1 Å². The van der Waals surface area contributed by atoms with E-state index >= 15 is 0 Å². The van der Waals surface area contributed by atoms with E-state index in [4.69, 9.17) is 0 Å². The van der Waals surface area contributed by atoms with Crippen LogP contribution in [0.3, 0.4) is 0 Å². The van der Waals surface area contributed by atoms with Gasteiger partial charge in [-0.3, -0.25) is 0 Å². The van der Waals surface area contributed by atoms with E-state index in [0.717, 1.165) is 0 Å². The fourth-order valence-corrected chi connectivity index (χ4v) is 25.2. The molecule has 0 nitrogen and oxygen atoms in total. The van der Waals surface area contributed by atoms with Crippen LogP contribution in [0.5, 0.6) is 0 Å². The first-order chi connectivity index (χ1) is 14.7. The van der Waals surface area contributed by atoms with Crippen LogP contribution < -0.4 is 0 Å². The van der Waals surface area contributed by atoms with Gasteiger partial charge in [-0.25, -0.2) is 0 Å². The van der Waals surface area contributed by atoms with Crippen molar-refractivity contribution in [1.82, 2.24) is 0 Å². The highest BCUT2D eigenvalue weighted by atomic mass is 31.2. The molecule has 0 N–H and O–H groups in total. The second-order valence-corrected chi connectivity index (χ2v) is 28.7. The Morgan fingerprint density at radius 3 is 0.794 bits per heavy atom. The van der Waals surface area contributed by atoms with Gasteiger partial charge < -0.3 is 0 Å². The molecule has 0 radical (unpaired) electrons. The lowest BCUT2D eigenvalue weighted by molar-refractivity contribution is 0.613. The zero-order chi connectivity index (χ0) is 27.4. The summed E-state index contributed by atoms with van der Waals surface area (Å²) < 4.78 is 0. The van der Waals surface area contributed by atoms with E-state index in [9.17, 15) is 0 Å². The summed E-state index contributed by atoms with van der Waals surface area (Å²) in [5.74, 6) is 0. The topological polar surface area (TPSA) is 0 Å². The first-order valence-corrected chi connectivity index (χ1v) is 17.5. The van der Waals surface area contributed by atoms with Crippen molar-refractivity contribution in [3.05, 3.63) is 35.4 Å². The number of hydrogen-bond acceptors (Lipinski definition) is 0. The number of hydrogen-bond donors (Lipinski definition) is 0. The molecule has 0 fully saturated rings. The van der Waals surface area contributed by atoms with Gasteiger partial charge in [-0.15, -0.1) is 0 Å². The van der Waals surface area contributed by atoms with Gasteiger partial charge in [0.2, 0.25) is 0 Å². The minimum atomic E-state index is -1.43. The third kappa shape index (κ3) is 5.65. The summed E-state index contributed by atoms with van der Waals surface area (Å²) in [5, 5.41) is 1.74. The smallest absolute Gasteiger partial charge is 0.0614 e. The quantitative estimate of drug-likeness (QED) is 0.355. The molecule has 0 saturated carbocycles. The summed E-state index contributed by atoms with van der Waals surface area (Å²) in [6.45, 7) is 45.2. The van der Waals surface area contributed by atoms with Crippen molar-refractivity contribution in [1.29, 1.82) is 0 Å². The average Bonchev–Trinajstić information content (AvgIpc) is 2.50. The fraction of sp³-hybridized carbons (Fsp3) is 0.812. The standard InChI is InChI=1S/C32H62P2/c1-27(2,3)33(28(4,5)6,29(7,8)9)23-25-20-19-21-26(22-25)24-34(30(10,11)12,31(13,14)15)32(16,17)18/h19-22H,23-24H2,1-18H3/q+2. The Labute approximate surface area is 217 Å². The Hall–Kier alpha value is 0.0800. The molecule has 0 heterocycles. The van der Waals surface area contributed by atoms with E-state index < -0.39 is 14.5 Å². The SMILES string of the molecule is CC(C)(C)[P+](Cc1cccc(C[P+](C(C)(C)C)(C(C)(C)C)C(C)(C)C)c1)(C(C)(C)C)C(C)(C)C. The van der Waals surface area contributed by atoms with Crippen molar-refractivity contribution in [3.63, 3.8) is 0 Å². The normalized spacial score (nSPS) is 15.6. The highest BCUT2D eigenvalue weighted by Gasteiger charge is 2.65. The van der Waals surface area contributed by atoms with Crippen LogP contribution in [0.25, 0.3) is 0 Å². The molecule has 0 amide bonds. The predicted octanol–water partition coefficient (Wildman–Crippen LogP) is 11.5. The molecule has 1 aromatic rings. The minimum Gasteiger partial charge on any atom is -0.0614 e. The van der Waals surface area contributed by atoms with Gasteiger partial charge in [0.15, 0.2) is 0 Å². The maximum absolute atomic E-state index is 2.61. The minimum absolute atomic E-state index is 0.290. The number of rotatable bonds is 4. The van der Waals surface area contributed by atoms with E-state index in [1.807, 2.05) is 0 Å². The third-order valence-corrected chi connectivity index (χ3v) is 24.1. The molecule has 0 spiro atoms. The van der Waals surface area contributed by atoms with Gasteiger partial charge in [-0.2, -0.15) is 0 Å². The van der Waals surface area contributed by atoms with Crippen LogP contribution in [0.1, 0.15) is 136 Å². The van der Waals surface area contributed by atoms with Gasteiger partial charge in [0.1, 0.15) is 0 Å². The van der Waals surface area contributed by atoms with Crippen LogP contribution in [0, 0.1) is 0 Å². The summed E-state index contributed by atoms with van der Waals surface area (Å²) in [7, 11) is -2.86. The summed E-state index contributed by atoms with van der Waals surface area (Å²) in [6, 6.07) is 9.81. The van der Waals surface area contributed by atoms with Gasteiger partial charge in [0, 0.05) is 14.5 Å². The Morgan fingerprint density at radius 1 is 0.412 bits per heavy atom. The van der Waals surface area contributed by atoms with Crippen LogP contribution >= 0.6 is 14.5 Å². The lowest BCUT2D eigenvalue weighted by atomic mass is 10.1. The van der Waals surface area contributed by atoms with Crippen molar-refractivity contribution >= 4 is 14.5 Å². The van der Waals surface area contributed by atoms with Crippen LogP contribution in [0.4, 0.5) is 0 Å². The highest BCUT2D eigenvalue weighted by Crippen LogP contribution is 2.86. The van der Waals surface area contributed by atoms with E-state index in [1.165, 1.54) is 12.3 Å². The molecule has 0 atom stereocenters. The van der Waals surface area contributed by atoms with Gasteiger partial charge in [0.05, 0.1) is 43.3 Å². The Morgan fingerprint density at radius 2 is 0.618 bits per heavy atom. The van der Waals surface area contributed by atoms with Crippen molar-refractivity contribution < 1.29 is 0 Å². The first kappa shape index (κ1) is 32.1. The molecule has 0 aromatic heterocycles. The Kier molecular flexibility index (Phi) is 8.91. The largest absolute Gasteiger partial charge is 0.0858 e. The maximum Gasteiger partial charge on any atom is 0.0858 e. The summed E-state index contributed by atoms with van der Waals surface area (Å²) in [6.07, 6.45) is 2.45. The molecule has 198 valence electrons. The zero-order valence-corrected chi connectivity index (χ0v) is 28.4. The molecular weight excluding hydrogens is 446 g/mol. The van der Waals surface area contributed by atoms with Crippen LogP contribution in [0.2, 0.25) is 0 Å². The lowest BCUT2D eigenvalue weighted by Gasteiger charge is -2.55. The molecule has 2 heteroatoms. The van der Waals surface area contributed by atoms with Gasteiger partial charge in [0.25, 0.3) is 0 Å². The molecule has 0 unspecified atom stereocenters. The zero-order valence-electron chi connectivity index (χ0n) is 26.6. The van der Waals surface area contributed by atoms with Crippen LogP contribution in [0.15, 0.2) is 24.3 Å². The molecule has 0 aliphatic carbocycles. The van der Waals surface area contributed by atoms with Crippen molar-refractivity contribution in [3.8, 4) is 0 Å². The molecular formula is C32H62P2+2. The van der Waals surface area contributed by atoms with Crippen molar-refractivity contribution in [2.24, 2.45) is 0 Å². The van der Waals surface area contributed by atoms with Crippen LogP contribution in [-0.4, -0.2) is 30.9 Å². The highest BCUT2D eigenvalue weighted by molar-refractivity contribution is 7.79. The molecule has 0 aliphatic rings. The predicted molar refractivity (Wildman–Crippen MR) is 166 cm³/mol. The fourth-order valence-electron chi connectivity index (χ4n) is 8.83. The molecule has 1 aromatic carbocycles. The van der Waals surface area contributed by atoms with Gasteiger partial charge in [-0.05, 0) is 142 Å². The third-order valence-electron chi connectivity index (χ3n) is 8.70. The Bertz CT molecular complexity index is 679. The lowest BCUT2D eigenvalue weighted by Crippen LogP contribution is -2.45. The number of benzene rings is 1. The Balaban J connectivity index is 3.76. The molecule has 0 bridgehead atoms. The molecule has 0 saturated heterocycles. The van der Waals surface area contributed by atoms with Gasteiger partial charge in [-0.1, -0.05) is 18.2 Å². The van der Waals surface area contributed by atoms with Crippen LogP contribution in [-0.2, 0) is 12.3 Å². The molecule has 1 rings (SSSR count). The summed E-state index contributed by atoms with van der Waals surface area (Å²) >= 11 is 0. The first-order valence-electron chi connectivity index (χ1n) is 13.5. The second kappa shape index (κ2) is 9.43. The summed E-state index contributed by atoms with van der Waals surface area (Å²) in [5.41, 5.74) is 3.11. The monoisotopic (exact) mass is 508 g/mol. The molecule has 0 aliphatic heterocycles. The maximum atomic E-state index is 2.61. The summed E-state index contributed by atoms with van der Waals surface area (Å²) in [4.78, 5) is 0. The van der Waals surface area contributed by atoms with Crippen molar-refractivity contribution in [2.75, 3.05) is 0 Å². The average molecular weight is 509 g/mol. The second-order valence-electron chi connectivity index (χ2n) is 16.8. The molecule has 34 heavy (non-hydrogen) atoms. The van der Waals surface area contributed by atoms with Gasteiger partial charge >= 0.3 is 0 Å². The van der Waals surface area contributed by atoms with Crippen molar-refractivity contribution in [2.45, 2.75) is 168 Å². The van der Waals surface area contributed by atoms with E-state index in [-0.39, 0.29) is 0 Å². The van der Waals surface area contributed by atoms with E-state index in [0.29, 0.717) is 30.9 Å². The van der Waals surface area contributed by atoms with E-state index in [2.05, 4.69) is 149 Å².